The molecule has 1 unspecified atom stereocenters. The molecule has 0 bridgehead atoms. The minimum Gasteiger partial charge on any atom is -0.497 e. The number of hydrogen-bond donors (Lipinski definition) is 0. The number of nitrogens with zero attached hydrogens (tertiary/aromatic N) is 1. The monoisotopic (exact) mass is 297 g/mol. The minimum atomic E-state index is -0.0653. The number of ether oxygens (including phenoxy) is 2. The van der Waals surface area contributed by atoms with Gasteiger partial charge in [-0.1, -0.05) is 36.4 Å². The zero-order valence-corrected chi connectivity index (χ0v) is 12.6. The highest BCUT2D eigenvalue weighted by molar-refractivity contribution is 5.94. The van der Waals surface area contributed by atoms with Crippen molar-refractivity contribution in [1.82, 2.24) is 4.90 Å². The lowest BCUT2D eigenvalue weighted by Crippen LogP contribution is -2.42. The predicted molar refractivity (Wildman–Crippen MR) is 84.0 cm³/mol. The second kappa shape index (κ2) is 6.62. The molecule has 0 radical (unpaired) electrons. The summed E-state index contributed by atoms with van der Waals surface area (Å²) in [6, 6.07) is 17.3. The Morgan fingerprint density at radius 3 is 2.77 bits per heavy atom. The Hall–Kier alpha value is -2.33. The van der Waals surface area contributed by atoms with E-state index in [-0.39, 0.29) is 12.0 Å². The summed E-state index contributed by atoms with van der Waals surface area (Å²) in [5.74, 6) is 0.710. The molecule has 22 heavy (non-hydrogen) atoms. The van der Waals surface area contributed by atoms with Gasteiger partial charge in [0.1, 0.15) is 11.9 Å². The van der Waals surface area contributed by atoms with Gasteiger partial charge in [-0.15, -0.1) is 0 Å². The van der Waals surface area contributed by atoms with Crippen LogP contribution in [0.4, 0.5) is 0 Å². The minimum absolute atomic E-state index is 0.0168. The average Bonchev–Trinajstić information content (AvgIpc) is 2.62. The van der Waals surface area contributed by atoms with E-state index in [4.69, 9.17) is 9.47 Å². The summed E-state index contributed by atoms with van der Waals surface area (Å²) in [6.07, 6.45) is -0.0653. The first-order chi connectivity index (χ1) is 10.8. The number of carbonyl (C=O) groups is 1. The van der Waals surface area contributed by atoms with Crippen LogP contribution in [0.15, 0.2) is 54.6 Å². The standard InChI is InChI=1S/C18H19NO3/c1-21-16-9-5-8-15(12-16)18(20)19-10-11-22-17(13-19)14-6-3-2-4-7-14/h2-9,12,17H,10-11,13H2,1H3. The summed E-state index contributed by atoms with van der Waals surface area (Å²) < 4.78 is 11.0. The Kier molecular flexibility index (Phi) is 4.39. The average molecular weight is 297 g/mol. The number of benzene rings is 2. The Morgan fingerprint density at radius 1 is 1.18 bits per heavy atom. The van der Waals surface area contributed by atoms with Crippen LogP contribution in [-0.4, -0.2) is 37.6 Å². The van der Waals surface area contributed by atoms with Crippen LogP contribution in [0.1, 0.15) is 22.0 Å². The molecule has 2 aromatic carbocycles. The van der Waals surface area contributed by atoms with Gasteiger partial charge in [-0.25, -0.2) is 0 Å². The Bertz CT molecular complexity index is 642. The highest BCUT2D eigenvalue weighted by atomic mass is 16.5. The van der Waals surface area contributed by atoms with Crippen LogP contribution in [0, 0.1) is 0 Å². The van der Waals surface area contributed by atoms with Crippen molar-refractivity contribution in [2.24, 2.45) is 0 Å². The summed E-state index contributed by atoms with van der Waals surface area (Å²) in [5.41, 5.74) is 1.75. The molecule has 1 amide bonds. The molecule has 1 atom stereocenters. The van der Waals surface area contributed by atoms with E-state index in [0.717, 1.165) is 5.56 Å². The molecular weight excluding hydrogens is 278 g/mol. The number of amides is 1. The predicted octanol–water partition coefficient (Wildman–Crippen LogP) is 2.91. The van der Waals surface area contributed by atoms with Gasteiger partial charge in [0, 0.05) is 12.1 Å². The van der Waals surface area contributed by atoms with Crippen molar-refractivity contribution >= 4 is 5.91 Å². The van der Waals surface area contributed by atoms with Crippen molar-refractivity contribution in [2.75, 3.05) is 26.8 Å². The van der Waals surface area contributed by atoms with Crippen molar-refractivity contribution in [3.8, 4) is 5.75 Å². The molecule has 4 heteroatoms. The normalized spacial score (nSPS) is 18.0. The summed E-state index contributed by atoms with van der Waals surface area (Å²) in [4.78, 5) is 14.5. The molecule has 0 N–H and O–H groups in total. The summed E-state index contributed by atoms with van der Waals surface area (Å²) >= 11 is 0. The van der Waals surface area contributed by atoms with E-state index in [9.17, 15) is 4.79 Å². The zero-order chi connectivity index (χ0) is 15.4. The van der Waals surface area contributed by atoms with Gasteiger partial charge in [-0.3, -0.25) is 4.79 Å². The molecule has 1 saturated heterocycles. The van der Waals surface area contributed by atoms with Gasteiger partial charge >= 0.3 is 0 Å². The van der Waals surface area contributed by atoms with Crippen LogP contribution in [0.25, 0.3) is 0 Å². The number of hydrogen-bond acceptors (Lipinski definition) is 3. The molecule has 0 spiro atoms. The van der Waals surface area contributed by atoms with Crippen LogP contribution in [0.2, 0.25) is 0 Å². The Labute approximate surface area is 130 Å². The Morgan fingerprint density at radius 2 is 2.00 bits per heavy atom. The van der Waals surface area contributed by atoms with Gasteiger partial charge in [0.05, 0.1) is 20.3 Å². The number of rotatable bonds is 3. The molecular formula is C18H19NO3. The SMILES string of the molecule is COc1cccc(C(=O)N2CCOC(c3ccccc3)C2)c1. The van der Waals surface area contributed by atoms with Crippen molar-refractivity contribution in [2.45, 2.75) is 6.10 Å². The van der Waals surface area contributed by atoms with Crippen molar-refractivity contribution in [3.05, 3.63) is 65.7 Å². The highest BCUT2D eigenvalue weighted by Crippen LogP contribution is 2.23. The third kappa shape index (κ3) is 3.12. The van der Waals surface area contributed by atoms with E-state index in [0.29, 0.717) is 31.0 Å². The van der Waals surface area contributed by atoms with Gasteiger partial charge in [-0.2, -0.15) is 0 Å². The van der Waals surface area contributed by atoms with E-state index in [1.807, 2.05) is 53.4 Å². The fraction of sp³-hybridized carbons (Fsp3) is 0.278. The maximum atomic E-state index is 12.7. The maximum absolute atomic E-state index is 12.7. The van der Waals surface area contributed by atoms with E-state index in [2.05, 4.69) is 0 Å². The number of morpholine rings is 1. The third-order valence-corrected chi connectivity index (χ3v) is 3.84. The quantitative estimate of drug-likeness (QED) is 0.874. The fourth-order valence-electron chi connectivity index (χ4n) is 2.64. The lowest BCUT2D eigenvalue weighted by Gasteiger charge is -2.33. The molecule has 114 valence electrons. The van der Waals surface area contributed by atoms with E-state index in [1.165, 1.54) is 0 Å². The van der Waals surface area contributed by atoms with Crippen LogP contribution in [0.3, 0.4) is 0 Å². The van der Waals surface area contributed by atoms with Gasteiger partial charge in [0.25, 0.3) is 5.91 Å². The maximum Gasteiger partial charge on any atom is 0.254 e. The molecule has 3 rings (SSSR count). The largest absolute Gasteiger partial charge is 0.497 e. The smallest absolute Gasteiger partial charge is 0.254 e. The van der Waals surface area contributed by atoms with Gasteiger partial charge in [0.2, 0.25) is 0 Å². The Balaban J connectivity index is 1.75. The highest BCUT2D eigenvalue weighted by Gasteiger charge is 2.26. The molecule has 1 heterocycles. The van der Waals surface area contributed by atoms with Crippen molar-refractivity contribution < 1.29 is 14.3 Å². The van der Waals surface area contributed by atoms with Crippen LogP contribution >= 0.6 is 0 Å². The first kappa shape index (κ1) is 14.6. The van der Waals surface area contributed by atoms with Crippen LogP contribution in [-0.2, 0) is 4.74 Å². The summed E-state index contributed by atoms with van der Waals surface area (Å²) in [7, 11) is 1.60. The first-order valence-electron chi connectivity index (χ1n) is 7.38. The molecule has 1 aliphatic heterocycles. The topological polar surface area (TPSA) is 38.8 Å². The van der Waals surface area contributed by atoms with Crippen LogP contribution < -0.4 is 4.74 Å². The molecule has 1 fully saturated rings. The van der Waals surface area contributed by atoms with Gasteiger partial charge in [0.15, 0.2) is 0 Å². The lowest BCUT2D eigenvalue weighted by atomic mass is 10.1. The molecule has 0 saturated carbocycles. The van der Waals surface area contributed by atoms with Crippen LogP contribution in [0.5, 0.6) is 5.75 Å². The van der Waals surface area contributed by atoms with Crippen molar-refractivity contribution in [1.29, 1.82) is 0 Å². The molecule has 4 nitrogen and oxygen atoms in total. The van der Waals surface area contributed by atoms with Gasteiger partial charge in [-0.05, 0) is 23.8 Å². The number of carbonyl (C=O) groups excluding carboxylic acids is 1. The summed E-state index contributed by atoms with van der Waals surface area (Å²) in [5, 5.41) is 0. The molecule has 2 aromatic rings. The van der Waals surface area contributed by atoms with Crippen molar-refractivity contribution in [3.63, 3.8) is 0 Å². The summed E-state index contributed by atoms with van der Waals surface area (Å²) in [6.45, 7) is 1.73. The van der Waals surface area contributed by atoms with E-state index in [1.54, 1.807) is 13.2 Å². The first-order valence-corrected chi connectivity index (χ1v) is 7.38. The third-order valence-electron chi connectivity index (χ3n) is 3.84. The second-order valence-electron chi connectivity index (χ2n) is 5.25. The van der Waals surface area contributed by atoms with E-state index < -0.39 is 0 Å². The fourth-order valence-corrected chi connectivity index (χ4v) is 2.64. The second-order valence-corrected chi connectivity index (χ2v) is 5.25. The van der Waals surface area contributed by atoms with E-state index >= 15 is 0 Å². The molecule has 1 aliphatic rings. The lowest BCUT2D eigenvalue weighted by molar-refractivity contribution is -0.0228. The number of methoxy groups -OCH3 is 1. The molecule has 0 aromatic heterocycles. The zero-order valence-electron chi connectivity index (χ0n) is 12.6. The molecule has 0 aliphatic carbocycles. The van der Waals surface area contributed by atoms with Gasteiger partial charge < -0.3 is 14.4 Å².